The predicted molar refractivity (Wildman–Crippen MR) is 123 cm³/mol. The number of hydrogen-bond acceptors (Lipinski definition) is 6. The third-order valence-corrected chi connectivity index (χ3v) is 7.66. The van der Waals surface area contributed by atoms with Gasteiger partial charge < -0.3 is 15.0 Å². The van der Waals surface area contributed by atoms with Crippen molar-refractivity contribution in [3.8, 4) is 0 Å². The highest BCUT2D eigenvalue weighted by atomic mass is 19.4. The van der Waals surface area contributed by atoms with E-state index in [-0.39, 0.29) is 11.1 Å². The second-order valence-electron chi connectivity index (χ2n) is 10.0. The summed E-state index contributed by atoms with van der Waals surface area (Å²) in [5, 5.41) is 3.24. The normalized spacial score (nSPS) is 24.8. The topological polar surface area (TPSA) is 53.5 Å². The van der Waals surface area contributed by atoms with E-state index in [0.717, 1.165) is 62.9 Å². The van der Waals surface area contributed by atoms with Crippen molar-refractivity contribution in [1.29, 1.82) is 0 Å². The van der Waals surface area contributed by atoms with Crippen molar-refractivity contribution < 1.29 is 22.3 Å². The van der Waals surface area contributed by atoms with Gasteiger partial charge in [0.1, 0.15) is 17.5 Å². The van der Waals surface area contributed by atoms with E-state index in [1.165, 1.54) is 12.1 Å². The van der Waals surface area contributed by atoms with Crippen LogP contribution in [0.1, 0.15) is 60.4 Å². The number of ether oxygens (including phenoxy) is 1. The Morgan fingerprint density at radius 3 is 2.60 bits per heavy atom. The highest BCUT2D eigenvalue weighted by Crippen LogP contribution is 2.48. The quantitative estimate of drug-likeness (QED) is 0.627. The van der Waals surface area contributed by atoms with Crippen LogP contribution in [-0.4, -0.2) is 59.2 Å². The van der Waals surface area contributed by atoms with Crippen molar-refractivity contribution in [3.05, 3.63) is 52.2 Å². The van der Waals surface area contributed by atoms with Crippen molar-refractivity contribution >= 4 is 5.82 Å². The lowest BCUT2D eigenvalue weighted by Crippen LogP contribution is -2.50. The lowest BCUT2D eigenvalue weighted by Gasteiger charge is -2.42. The fourth-order valence-electron chi connectivity index (χ4n) is 5.98. The molecule has 5 rings (SSSR count). The molecule has 3 aliphatic heterocycles. The molecule has 0 bridgehead atoms. The molecule has 6 nitrogen and oxygen atoms in total. The van der Waals surface area contributed by atoms with Crippen LogP contribution in [0.25, 0.3) is 0 Å². The van der Waals surface area contributed by atoms with Crippen molar-refractivity contribution in [1.82, 2.24) is 19.8 Å². The van der Waals surface area contributed by atoms with Gasteiger partial charge in [-0.15, -0.1) is 0 Å². The first-order valence-electron chi connectivity index (χ1n) is 12.1. The van der Waals surface area contributed by atoms with Crippen LogP contribution in [0.4, 0.5) is 23.4 Å². The first-order valence-corrected chi connectivity index (χ1v) is 12.1. The largest absolute Gasteiger partial charge is 0.419 e. The molecule has 1 spiro atoms. The zero-order valence-electron chi connectivity index (χ0n) is 20.3. The van der Waals surface area contributed by atoms with Crippen molar-refractivity contribution in [2.75, 3.05) is 38.7 Å². The molecule has 2 atom stereocenters. The smallest absolute Gasteiger partial charge is 0.381 e. The van der Waals surface area contributed by atoms with E-state index < -0.39 is 23.6 Å². The number of aromatic nitrogens is 2. The number of halogens is 4. The van der Waals surface area contributed by atoms with E-state index in [0.29, 0.717) is 24.2 Å². The molecule has 0 saturated carbocycles. The zero-order chi connectivity index (χ0) is 25.0. The number of nitrogens with zero attached hydrogens (tertiary/aromatic N) is 4. The van der Waals surface area contributed by atoms with Crippen LogP contribution < -0.4 is 5.32 Å². The van der Waals surface area contributed by atoms with Crippen LogP contribution >= 0.6 is 0 Å². The number of anilines is 1. The molecule has 35 heavy (non-hydrogen) atoms. The maximum Gasteiger partial charge on any atom is 0.419 e. The van der Waals surface area contributed by atoms with E-state index in [9.17, 15) is 17.6 Å². The van der Waals surface area contributed by atoms with Crippen LogP contribution in [0.15, 0.2) is 18.2 Å². The second-order valence-corrected chi connectivity index (χ2v) is 10.0. The lowest BCUT2D eigenvalue weighted by molar-refractivity contribution is -0.140. The Morgan fingerprint density at radius 2 is 1.94 bits per heavy atom. The molecule has 1 aromatic carbocycles. The van der Waals surface area contributed by atoms with Crippen LogP contribution in [0.5, 0.6) is 0 Å². The maximum absolute atomic E-state index is 14.8. The summed E-state index contributed by atoms with van der Waals surface area (Å²) in [6.07, 6.45) is -1.92. The summed E-state index contributed by atoms with van der Waals surface area (Å²) in [6.45, 7) is 7.39. The summed E-state index contributed by atoms with van der Waals surface area (Å²) in [5.74, 6) is -0.0915. The van der Waals surface area contributed by atoms with Crippen molar-refractivity contribution in [3.63, 3.8) is 0 Å². The number of rotatable bonds is 4. The standard InChI is InChI=1S/C25H31F4N5O/c1-15(18-5-4-6-20(21(18)26)25(27,28)29)30-23-19-13-34(17-7-11-35-12-8-17)24(9-10-33(3)14-24)22(19)31-16(2)32-23/h4-6,15,17H,7-14H2,1-3H3,(H,30,31,32)/t15-,24?/m1/s1. The average molecular weight is 494 g/mol. The molecule has 1 unspecified atom stereocenters. The van der Waals surface area contributed by atoms with Gasteiger partial charge in [0.25, 0.3) is 0 Å². The summed E-state index contributed by atoms with van der Waals surface area (Å²) in [5.41, 5.74) is 0.406. The minimum Gasteiger partial charge on any atom is -0.381 e. The molecule has 10 heteroatoms. The number of alkyl halides is 3. The van der Waals surface area contributed by atoms with Gasteiger partial charge in [0, 0.05) is 50.0 Å². The fourth-order valence-corrected chi connectivity index (χ4v) is 5.98. The molecule has 4 heterocycles. The minimum atomic E-state index is -4.75. The van der Waals surface area contributed by atoms with E-state index >= 15 is 0 Å². The fraction of sp³-hybridized carbons (Fsp3) is 0.600. The van der Waals surface area contributed by atoms with Gasteiger partial charge in [-0.2, -0.15) is 13.2 Å². The van der Waals surface area contributed by atoms with Crippen LogP contribution in [0.2, 0.25) is 0 Å². The Bertz CT molecular complexity index is 1100. The summed E-state index contributed by atoms with van der Waals surface area (Å²) in [7, 11) is 2.11. The summed E-state index contributed by atoms with van der Waals surface area (Å²) >= 11 is 0. The van der Waals surface area contributed by atoms with Gasteiger partial charge in [-0.25, -0.2) is 14.4 Å². The number of likely N-dealkylation sites (N-methyl/N-ethyl adjacent to an activating group) is 1. The second kappa shape index (κ2) is 8.97. The molecular formula is C25H31F4N5O. The number of benzene rings is 1. The molecule has 0 aliphatic carbocycles. The first kappa shape index (κ1) is 24.4. The van der Waals surface area contributed by atoms with E-state index in [2.05, 4.69) is 27.1 Å². The van der Waals surface area contributed by atoms with Crippen molar-refractivity contribution in [2.45, 2.75) is 63.5 Å². The summed E-state index contributed by atoms with van der Waals surface area (Å²) in [6, 6.07) is 3.04. The number of hydrogen-bond donors (Lipinski definition) is 1. The SMILES string of the molecule is Cc1nc(N[C@H](C)c2cccc(C(F)(F)F)c2F)c2c(n1)C1(CCN(C)C1)N(C1CCOCC1)C2. The van der Waals surface area contributed by atoms with Gasteiger partial charge in [-0.1, -0.05) is 12.1 Å². The average Bonchev–Trinajstić information content (AvgIpc) is 3.34. The van der Waals surface area contributed by atoms with Gasteiger partial charge in [0.2, 0.25) is 0 Å². The predicted octanol–water partition coefficient (Wildman–Crippen LogP) is 4.64. The summed E-state index contributed by atoms with van der Waals surface area (Å²) in [4.78, 5) is 14.4. The molecular weight excluding hydrogens is 462 g/mol. The number of fused-ring (bicyclic) bond motifs is 2. The zero-order valence-corrected chi connectivity index (χ0v) is 20.3. The minimum absolute atomic E-state index is 0.0422. The Labute approximate surface area is 202 Å². The Hall–Kier alpha value is -2.30. The lowest BCUT2D eigenvalue weighted by atomic mass is 9.90. The molecule has 2 aromatic rings. The van der Waals surface area contributed by atoms with Gasteiger partial charge in [-0.05, 0) is 46.2 Å². The third-order valence-electron chi connectivity index (χ3n) is 7.66. The Kier molecular flexibility index (Phi) is 6.26. The van der Waals surface area contributed by atoms with Gasteiger partial charge >= 0.3 is 6.18 Å². The first-order chi connectivity index (χ1) is 16.6. The van der Waals surface area contributed by atoms with Gasteiger partial charge in [0.15, 0.2) is 0 Å². The van der Waals surface area contributed by atoms with E-state index in [4.69, 9.17) is 9.72 Å². The molecule has 3 aliphatic rings. The van der Waals surface area contributed by atoms with E-state index in [1.807, 2.05) is 6.92 Å². The molecule has 2 saturated heterocycles. The van der Waals surface area contributed by atoms with Crippen LogP contribution in [0, 0.1) is 12.7 Å². The van der Waals surface area contributed by atoms with Crippen LogP contribution in [-0.2, 0) is 23.0 Å². The maximum atomic E-state index is 14.8. The highest BCUT2D eigenvalue weighted by Gasteiger charge is 2.53. The molecule has 0 radical (unpaired) electrons. The van der Waals surface area contributed by atoms with Gasteiger partial charge in [-0.3, -0.25) is 4.90 Å². The van der Waals surface area contributed by atoms with Gasteiger partial charge in [0.05, 0.1) is 22.8 Å². The third kappa shape index (κ3) is 4.29. The molecule has 1 aromatic heterocycles. The number of aryl methyl sites for hydroxylation is 1. The molecule has 2 fully saturated rings. The molecule has 190 valence electrons. The highest BCUT2D eigenvalue weighted by molar-refractivity contribution is 5.53. The van der Waals surface area contributed by atoms with E-state index in [1.54, 1.807) is 6.92 Å². The number of nitrogens with one attached hydrogen (secondary N) is 1. The molecule has 0 amide bonds. The monoisotopic (exact) mass is 493 g/mol. The molecule has 1 N–H and O–H groups in total. The Morgan fingerprint density at radius 1 is 1.20 bits per heavy atom. The van der Waals surface area contributed by atoms with Crippen molar-refractivity contribution in [2.24, 2.45) is 0 Å². The Balaban J connectivity index is 1.52. The van der Waals surface area contributed by atoms with Crippen LogP contribution in [0.3, 0.4) is 0 Å². The number of likely N-dealkylation sites (tertiary alicyclic amines) is 1. The summed E-state index contributed by atoms with van der Waals surface area (Å²) < 4.78 is 60.3.